The van der Waals surface area contributed by atoms with Crippen LogP contribution in [0, 0.1) is 9.49 Å². The molecule has 0 spiro atoms. The van der Waals surface area contributed by atoms with Crippen molar-refractivity contribution in [2.24, 2.45) is 5.92 Å². The summed E-state index contributed by atoms with van der Waals surface area (Å²) in [6.07, 6.45) is 0. The van der Waals surface area contributed by atoms with E-state index in [1.807, 2.05) is 0 Å². The van der Waals surface area contributed by atoms with Crippen LogP contribution in [0.2, 0.25) is 0 Å². The summed E-state index contributed by atoms with van der Waals surface area (Å²) in [6.45, 7) is 13.0. The van der Waals surface area contributed by atoms with Gasteiger partial charge in [0, 0.05) is 10.9 Å². The second-order valence-electron chi connectivity index (χ2n) is 6.79. The van der Waals surface area contributed by atoms with Gasteiger partial charge in [-0.3, -0.25) is 0 Å². The fraction of sp³-hybridized carbons (Fsp3) is 0.529. The van der Waals surface area contributed by atoms with Crippen LogP contribution in [0.4, 0.5) is 0 Å². The van der Waals surface area contributed by atoms with Gasteiger partial charge in [-0.1, -0.05) is 46.8 Å². The highest BCUT2D eigenvalue weighted by Gasteiger charge is 2.25. The van der Waals surface area contributed by atoms with Gasteiger partial charge in [0.05, 0.1) is 10.1 Å². The third kappa shape index (κ3) is 3.37. The van der Waals surface area contributed by atoms with E-state index in [2.05, 4.69) is 80.7 Å². The molecule has 0 saturated carbocycles. The maximum Gasteiger partial charge on any atom is 0.147 e. The van der Waals surface area contributed by atoms with Gasteiger partial charge in [0.25, 0.3) is 0 Å². The van der Waals surface area contributed by atoms with E-state index in [0.717, 1.165) is 24.4 Å². The van der Waals surface area contributed by atoms with E-state index in [4.69, 9.17) is 4.42 Å². The molecule has 1 heterocycles. The van der Waals surface area contributed by atoms with Crippen molar-refractivity contribution in [1.29, 1.82) is 0 Å². The Bertz CT molecular complexity index is 593. The molecule has 0 radical (unpaired) electrons. The maximum absolute atomic E-state index is 6.17. The molecule has 3 heteroatoms. The van der Waals surface area contributed by atoms with Gasteiger partial charge >= 0.3 is 0 Å². The number of halogens is 1. The smallest absolute Gasteiger partial charge is 0.147 e. The van der Waals surface area contributed by atoms with Crippen molar-refractivity contribution >= 4 is 33.6 Å². The van der Waals surface area contributed by atoms with Crippen molar-refractivity contribution in [3.05, 3.63) is 33.1 Å². The lowest BCUT2D eigenvalue weighted by atomic mass is 9.85. The molecular formula is C17H24INO. The zero-order valence-corrected chi connectivity index (χ0v) is 15.2. The first kappa shape index (κ1) is 15.8. The van der Waals surface area contributed by atoms with Crippen LogP contribution in [0.3, 0.4) is 0 Å². The third-order valence-electron chi connectivity index (χ3n) is 3.33. The molecule has 2 aromatic rings. The lowest BCUT2D eigenvalue weighted by Crippen LogP contribution is -2.21. The van der Waals surface area contributed by atoms with Crippen molar-refractivity contribution in [2.45, 2.75) is 46.6 Å². The van der Waals surface area contributed by atoms with Crippen molar-refractivity contribution < 1.29 is 4.42 Å². The van der Waals surface area contributed by atoms with Crippen LogP contribution in [0.1, 0.15) is 45.9 Å². The van der Waals surface area contributed by atoms with Crippen molar-refractivity contribution in [3.63, 3.8) is 0 Å². The van der Waals surface area contributed by atoms with E-state index in [9.17, 15) is 0 Å². The molecule has 2 rings (SSSR count). The Morgan fingerprint density at radius 1 is 1.25 bits per heavy atom. The Balaban J connectivity index is 2.44. The molecule has 110 valence electrons. The molecule has 0 aliphatic rings. The summed E-state index contributed by atoms with van der Waals surface area (Å²) in [7, 11) is 0. The van der Waals surface area contributed by atoms with E-state index >= 15 is 0 Å². The summed E-state index contributed by atoms with van der Waals surface area (Å²) >= 11 is 2.35. The Hall–Kier alpha value is -0.550. The summed E-state index contributed by atoms with van der Waals surface area (Å²) in [4.78, 5) is 0. The molecule has 1 N–H and O–H groups in total. The second-order valence-corrected chi connectivity index (χ2v) is 7.95. The average Bonchev–Trinajstić information content (AvgIpc) is 2.68. The first-order valence-electron chi connectivity index (χ1n) is 7.21. The van der Waals surface area contributed by atoms with Crippen LogP contribution >= 0.6 is 22.6 Å². The number of rotatable bonds is 4. The second kappa shape index (κ2) is 6.06. The van der Waals surface area contributed by atoms with Crippen LogP contribution in [0.15, 0.2) is 22.6 Å². The number of hydrogen-bond donors (Lipinski definition) is 1. The van der Waals surface area contributed by atoms with Gasteiger partial charge in [-0.05, 0) is 46.5 Å². The Kier molecular flexibility index (Phi) is 4.80. The molecule has 0 saturated heterocycles. The van der Waals surface area contributed by atoms with Crippen molar-refractivity contribution in [1.82, 2.24) is 5.32 Å². The van der Waals surface area contributed by atoms with Gasteiger partial charge in [0.2, 0.25) is 0 Å². The Morgan fingerprint density at radius 3 is 2.55 bits per heavy atom. The van der Waals surface area contributed by atoms with Crippen LogP contribution in [0.25, 0.3) is 11.0 Å². The summed E-state index contributed by atoms with van der Waals surface area (Å²) in [5.74, 6) is 1.73. The molecule has 1 aromatic carbocycles. The number of para-hydroxylation sites is 1. The molecule has 2 nitrogen and oxygen atoms in total. The fourth-order valence-electron chi connectivity index (χ4n) is 2.55. The third-order valence-corrected chi connectivity index (χ3v) is 4.18. The van der Waals surface area contributed by atoms with E-state index in [0.29, 0.717) is 5.92 Å². The quantitative estimate of drug-likeness (QED) is 0.743. The molecule has 20 heavy (non-hydrogen) atoms. The van der Waals surface area contributed by atoms with E-state index < -0.39 is 0 Å². The van der Waals surface area contributed by atoms with E-state index in [-0.39, 0.29) is 5.41 Å². The van der Waals surface area contributed by atoms with Gasteiger partial charge in [-0.2, -0.15) is 0 Å². The van der Waals surface area contributed by atoms with Gasteiger partial charge in [-0.25, -0.2) is 0 Å². The number of benzene rings is 1. The van der Waals surface area contributed by atoms with Crippen molar-refractivity contribution in [2.75, 3.05) is 6.54 Å². The summed E-state index contributed by atoms with van der Waals surface area (Å²) in [5.41, 5.74) is 2.45. The largest absolute Gasteiger partial charge is 0.458 e. The summed E-state index contributed by atoms with van der Waals surface area (Å²) in [5, 5.41) is 4.75. The molecular weight excluding hydrogens is 361 g/mol. The first-order valence-corrected chi connectivity index (χ1v) is 8.29. The minimum atomic E-state index is 0.0878. The molecule has 0 aliphatic heterocycles. The zero-order chi connectivity index (χ0) is 14.9. The highest BCUT2D eigenvalue weighted by atomic mass is 127. The van der Waals surface area contributed by atoms with Crippen LogP contribution in [-0.4, -0.2) is 6.54 Å². The average molecular weight is 385 g/mol. The van der Waals surface area contributed by atoms with Gasteiger partial charge < -0.3 is 9.73 Å². The SMILES string of the molecule is CC(C)CNCc1oc2c(I)cccc2c1C(C)(C)C. The Morgan fingerprint density at radius 2 is 1.95 bits per heavy atom. The molecule has 0 aliphatic carbocycles. The number of fused-ring (bicyclic) bond motifs is 1. The first-order chi connectivity index (χ1) is 9.30. The summed E-state index contributed by atoms with van der Waals surface area (Å²) in [6, 6.07) is 6.39. The van der Waals surface area contributed by atoms with E-state index in [1.165, 1.54) is 14.5 Å². The highest BCUT2D eigenvalue weighted by Crippen LogP contribution is 2.37. The maximum atomic E-state index is 6.17. The number of furan rings is 1. The zero-order valence-electron chi connectivity index (χ0n) is 13.0. The molecule has 1 aromatic heterocycles. The lowest BCUT2D eigenvalue weighted by Gasteiger charge is -2.19. The standard InChI is InChI=1S/C17H24INO/c1-11(2)9-19-10-14-15(17(3,4)5)12-7-6-8-13(18)16(12)20-14/h6-8,11,19H,9-10H2,1-5H3. The fourth-order valence-corrected chi connectivity index (χ4v) is 3.16. The normalized spacial score (nSPS) is 12.6. The highest BCUT2D eigenvalue weighted by molar-refractivity contribution is 14.1. The predicted octanol–water partition coefficient (Wildman–Crippen LogP) is 5.08. The van der Waals surface area contributed by atoms with Crippen molar-refractivity contribution in [3.8, 4) is 0 Å². The minimum Gasteiger partial charge on any atom is -0.458 e. The lowest BCUT2D eigenvalue weighted by molar-refractivity contribution is 0.464. The Labute approximate surface area is 135 Å². The van der Waals surface area contributed by atoms with E-state index in [1.54, 1.807) is 0 Å². The van der Waals surface area contributed by atoms with Gasteiger partial charge in [0.1, 0.15) is 11.3 Å². The van der Waals surface area contributed by atoms with Gasteiger partial charge in [-0.15, -0.1) is 0 Å². The summed E-state index contributed by atoms with van der Waals surface area (Å²) < 4.78 is 7.35. The molecule has 0 unspecified atom stereocenters. The predicted molar refractivity (Wildman–Crippen MR) is 94.2 cm³/mol. The molecule has 0 fully saturated rings. The number of nitrogens with one attached hydrogen (secondary N) is 1. The van der Waals surface area contributed by atoms with Crippen LogP contribution < -0.4 is 5.32 Å². The topological polar surface area (TPSA) is 25.2 Å². The molecule has 0 atom stereocenters. The molecule has 0 bridgehead atoms. The number of hydrogen-bond acceptors (Lipinski definition) is 2. The monoisotopic (exact) mass is 385 g/mol. The van der Waals surface area contributed by atoms with Crippen LogP contribution in [0.5, 0.6) is 0 Å². The van der Waals surface area contributed by atoms with Gasteiger partial charge in [0.15, 0.2) is 0 Å². The van der Waals surface area contributed by atoms with Crippen LogP contribution in [-0.2, 0) is 12.0 Å². The molecule has 0 amide bonds. The minimum absolute atomic E-state index is 0.0878.